The van der Waals surface area contributed by atoms with E-state index < -0.39 is 38.5 Å². The van der Waals surface area contributed by atoms with Crippen LogP contribution in [0.5, 0.6) is 0 Å². The molecule has 0 saturated heterocycles. The lowest BCUT2D eigenvalue weighted by molar-refractivity contribution is 0.488. The third-order valence-corrected chi connectivity index (χ3v) is 6.96. The minimum absolute atomic E-state index is 0.0954. The van der Waals surface area contributed by atoms with Crippen molar-refractivity contribution in [2.75, 3.05) is 11.3 Å². The first-order chi connectivity index (χ1) is 16.1. The van der Waals surface area contributed by atoms with Crippen LogP contribution in [-0.4, -0.2) is 24.5 Å². The molecule has 8 nitrogen and oxygen atoms in total. The Kier molecular flexibility index (Phi) is 6.24. The van der Waals surface area contributed by atoms with E-state index >= 15 is 4.39 Å². The van der Waals surface area contributed by atoms with Crippen LogP contribution < -0.4 is 16.2 Å². The van der Waals surface area contributed by atoms with Gasteiger partial charge in [-0.15, -0.1) is 0 Å². The monoisotopic (exact) mass is 488 g/mol. The fourth-order valence-electron chi connectivity index (χ4n) is 4.01. The van der Waals surface area contributed by atoms with Crippen molar-refractivity contribution in [1.29, 1.82) is 0 Å². The molecule has 4 rings (SSSR count). The fraction of sp³-hybridized carbons (Fsp3) is 0.217. The first-order valence-electron chi connectivity index (χ1n) is 10.4. The van der Waals surface area contributed by atoms with Crippen molar-refractivity contribution >= 4 is 26.9 Å². The van der Waals surface area contributed by atoms with Crippen molar-refractivity contribution in [3.8, 4) is 0 Å². The van der Waals surface area contributed by atoms with Crippen LogP contribution in [0.3, 0.4) is 0 Å². The summed E-state index contributed by atoms with van der Waals surface area (Å²) in [6.07, 6.45) is 0.591. The summed E-state index contributed by atoms with van der Waals surface area (Å²) < 4.78 is 62.4. The van der Waals surface area contributed by atoms with E-state index in [1.54, 1.807) is 6.92 Å². The van der Waals surface area contributed by atoms with Gasteiger partial charge in [-0.25, -0.2) is 22.6 Å². The van der Waals surface area contributed by atoms with Crippen LogP contribution in [0, 0.1) is 18.7 Å². The number of aryl methyl sites for hydroxylation is 1. The lowest BCUT2D eigenvalue weighted by atomic mass is 9.94. The summed E-state index contributed by atoms with van der Waals surface area (Å²) in [6, 6.07) is 10.5. The predicted octanol–water partition coefficient (Wildman–Crippen LogP) is 3.49. The zero-order valence-electron chi connectivity index (χ0n) is 18.4. The zero-order valence-corrected chi connectivity index (χ0v) is 19.2. The van der Waals surface area contributed by atoms with E-state index in [0.29, 0.717) is 13.0 Å². The van der Waals surface area contributed by atoms with E-state index in [9.17, 15) is 17.6 Å². The number of nitrogens with one attached hydrogen (secondary N) is 1. The Morgan fingerprint density at radius 2 is 1.91 bits per heavy atom. The molecule has 178 valence electrons. The maximum atomic E-state index is 15.0. The number of aromatic nitrogens is 2. The molecular weight excluding hydrogens is 466 g/mol. The molecule has 1 atom stereocenters. The van der Waals surface area contributed by atoms with Crippen LogP contribution in [0.4, 0.5) is 14.6 Å². The maximum Gasteiger partial charge on any atom is 0.420 e. The van der Waals surface area contributed by atoms with Crippen molar-refractivity contribution in [2.45, 2.75) is 31.2 Å². The molecule has 1 unspecified atom stereocenters. The number of hydrogen-bond acceptors (Lipinski definition) is 6. The molecule has 0 aliphatic rings. The SMILES string of the molecule is Cc1cccc(C(C)n2c(=O)oc3cc(S(=O)(=O)Nc4cccc(F)n4)c(F)cc32)c1CCN. The first kappa shape index (κ1) is 23.6. The molecule has 0 fully saturated rings. The molecule has 0 aliphatic carbocycles. The number of benzene rings is 2. The minimum Gasteiger partial charge on any atom is -0.408 e. The lowest BCUT2D eigenvalue weighted by Gasteiger charge is -2.19. The zero-order chi connectivity index (χ0) is 24.6. The third-order valence-electron chi connectivity index (χ3n) is 5.59. The van der Waals surface area contributed by atoms with Crippen LogP contribution in [-0.2, 0) is 16.4 Å². The molecule has 0 amide bonds. The molecule has 0 saturated carbocycles. The Balaban J connectivity index is 1.80. The smallest absolute Gasteiger partial charge is 0.408 e. The molecule has 3 N–H and O–H groups in total. The highest BCUT2D eigenvalue weighted by Crippen LogP contribution is 2.30. The number of anilines is 1. The molecule has 4 aromatic rings. The highest BCUT2D eigenvalue weighted by Gasteiger charge is 2.26. The van der Waals surface area contributed by atoms with Crippen molar-refractivity contribution in [3.05, 3.63) is 87.5 Å². The quantitative estimate of drug-likeness (QED) is 0.384. The van der Waals surface area contributed by atoms with Crippen LogP contribution >= 0.6 is 0 Å². The Morgan fingerprint density at radius 1 is 1.18 bits per heavy atom. The van der Waals surface area contributed by atoms with Crippen molar-refractivity contribution in [1.82, 2.24) is 9.55 Å². The molecule has 0 aliphatic heterocycles. The first-order valence-corrected chi connectivity index (χ1v) is 11.9. The summed E-state index contributed by atoms with van der Waals surface area (Å²) in [5.41, 5.74) is 8.55. The lowest BCUT2D eigenvalue weighted by Crippen LogP contribution is -2.21. The van der Waals surface area contributed by atoms with Gasteiger partial charge in [-0.2, -0.15) is 4.39 Å². The number of rotatable bonds is 7. The van der Waals surface area contributed by atoms with E-state index in [1.165, 1.54) is 16.7 Å². The number of halogens is 2. The van der Waals surface area contributed by atoms with Crippen LogP contribution in [0.2, 0.25) is 0 Å². The van der Waals surface area contributed by atoms with Gasteiger partial charge in [0.2, 0.25) is 5.95 Å². The number of nitrogens with two attached hydrogens (primary N) is 1. The molecule has 0 radical (unpaired) electrons. The number of hydrogen-bond donors (Lipinski definition) is 2. The van der Waals surface area contributed by atoms with Gasteiger partial charge in [0.25, 0.3) is 10.0 Å². The predicted molar refractivity (Wildman–Crippen MR) is 123 cm³/mol. The van der Waals surface area contributed by atoms with Crippen LogP contribution in [0.25, 0.3) is 11.1 Å². The topological polar surface area (TPSA) is 120 Å². The summed E-state index contributed by atoms with van der Waals surface area (Å²) in [4.78, 5) is 15.4. The van der Waals surface area contributed by atoms with E-state index in [2.05, 4.69) is 4.98 Å². The normalized spacial score (nSPS) is 12.7. The Morgan fingerprint density at radius 3 is 2.62 bits per heavy atom. The molecule has 0 spiro atoms. The summed E-state index contributed by atoms with van der Waals surface area (Å²) in [6.45, 7) is 4.12. The summed E-state index contributed by atoms with van der Waals surface area (Å²) in [7, 11) is -4.49. The van der Waals surface area contributed by atoms with Gasteiger partial charge in [-0.05, 0) is 55.6 Å². The van der Waals surface area contributed by atoms with E-state index in [4.69, 9.17) is 10.2 Å². The van der Waals surface area contributed by atoms with E-state index in [1.807, 2.05) is 29.8 Å². The van der Waals surface area contributed by atoms with Crippen molar-refractivity contribution in [3.63, 3.8) is 0 Å². The highest BCUT2D eigenvalue weighted by molar-refractivity contribution is 7.92. The van der Waals surface area contributed by atoms with Crippen molar-refractivity contribution < 1.29 is 21.6 Å². The molecule has 2 aromatic heterocycles. The number of nitrogens with zero attached hydrogens (tertiary/aromatic N) is 2. The molecule has 34 heavy (non-hydrogen) atoms. The second-order valence-corrected chi connectivity index (χ2v) is 9.45. The highest BCUT2D eigenvalue weighted by atomic mass is 32.2. The largest absolute Gasteiger partial charge is 0.420 e. The summed E-state index contributed by atoms with van der Waals surface area (Å²) in [5, 5.41) is 0. The van der Waals surface area contributed by atoms with Crippen LogP contribution in [0.1, 0.15) is 29.7 Å². The van der Waals surface area contributed by atoms with Gasteiger partial charge in [-0.1, -0.05) is 24.3 Å². The molecule has 2 heterocycles. The molecule has 0 bridgehead atoms. The van der Waals surface area contributed by atoms with Gasteiger partial charge in [0.15, 0.2) is 5.58 Å². The molecular formula is C23H22F2N4O4S. The number of fused-ring (bicyclic) bond motifs is 1. The Bertz CT molecular complexity index is 1550. The second kappa shape index (κ2) is 8.99. The summed E-state index contributed by atoms with van der Waals surface area (Å²) in [5.74, 6) is -3.10. The molecule has 2 aromatic carbocycles. The van der Waals surface area contributed by atoms with Gasteiger partial charge in [-0.3, -0.25) is 9.29 Å². The average molecular weight is 489 g/mol. The third kappa shape index (κ3) is 4.31. The van der Waals surface area contributed by atoms with E-state index in [-0.39, 0.29) is 16.9 Å². The van der Waals surface area contributed by atoms with Crippen LogP contribution in [0.15, 0.2) is 62.6 Å². The van der Waals surface area contributed by atoms with E-state index in [0.717, 1.165) is 34.9 Å². The standard InChI is InChI=1S/C23H22F2N4O4S/c1-13-5-3-6-16(15(13)9-10-26)14(2)29-18-11-17(24)20(12-19(18)33-23(29)30)34(31,32)28-22-8-4-7-21(25)27-22/h3-8,11-12,14H,9-10,26H2,1-2H3,(H,27,28). The maximum absolute atomic E-state index is 15.0. The summed E-state index contributed by atoms with van der Waals surface area (Å²) >= 11 is 0. The number of oxazole rings is 1. The second-order valence-electron chi connectivity index (χ2n) is 7.80. The number of pyridine rings is 1. The Hall–Kier alpha value is -3.57. The average Bonchev–Trinajstić information content (AvgIpc) is 3.08. The Labute approximate surface area is 194 Å². The number of sulfonamides is 1. The fourth-order valence-corrected chi connectivity index (χ4v) is 5.08. The van der Waals surface area contributed by atoms with Gasteiger partial charge in [0, 0.05) is 12.1 Å². The van der Waals surface area contributed by atoms with Crippen molar-refractivity contribution in [2.24, 2.45) is 5.73 Å². The van der Waals surface area contributed by atoms with Gasteiger partial charge < -0.3 is 10.2 Å². The minimum atomic E-state index is -4.49. The molecule has 11 heteroatoms. The van der Waals surface area contributed by atoms with Gasteiger partial charge in [0.05, 0.1) is 11.6 Å². The van der Waals surface area contributed by atoms with Gasteiger partial charge >= 0.3 is 5.76 Å². The van der Waals surface area contributed by atoms with Gasteiger partial charge in [0.1, 0.15) is 16.5 Å².